The van der Waals surface area contributed by atoms with Crippen LogP contribution < -0.4 is 10.5 Å². The highest BCUT2D eigenvalue weighted by molar-refractivity contribution is 7.09. The van der Waals surface area contributed by atoms with Crippen LogP contribution >= 0.6 is 11.3 Å². The summed E-state index contributed by atoms with van der Waals surface area (Å²) < 4.78 is 5.65. The Balaban J connectivity index is 1.88. The van der Waals surface area contributed by atoms with E-state index in [2.05, 4.69) is 16.9 Å². The number of hydrogen-bond donors (Lipinski definition) is 1. The van der Waals surface area contributed by atoms with Crippen molar-refractivity contribution in [2.24, 2.45) is 5.73 Å². The minimum atomic E-state index is 0.178. The summed E-state index contributed by atoms with van der Waals surface area (Å²) in [6, 6.07) is 4.08. The first-order valence-corrected chi connectivity index (χ1v) is 7.29. The minimum Gasteiger partial charge on any atom is -0.485 e. The lowest BCUT2D eigenvalue weighted by atomic mass is 10.1. The Kier molecular flexibility index (Phi) is 4.87. The Morgan fingerprint density at radius 2 is 2.26 bits per heavy atom. The van der Waals surface area contributed by atoms with Gasteiger partial charge >= 0.3 is 0 Å². The third-order valence-corrected chi connectivity index (χ3v) is 3.76. The van der Waals surface area contributed by atoms with Crippen molar-refractivity contribution in [2.75, 3.05) is 0 Å². The average molecular weight is 277 g/mol. The molecule has 4 nitrogen and oxygen atoms in total. The minimum absolute atomic E-state index is 0.178. The molecule has 0 saturated carbocycles. The van der Waals surface area contributed by atoms with Gasteiger partial charge in [-0.25, -0.2) is 4.98 Å². The molecular formula is C14H19N3OS. The first kappa shape index (κ1) is 14.0. The van der Waals surface area contributed by atoms with Crippen LogP contribution in [-0.4, -0.2) is 16.0 Å². The van der Waals surface area contributed by atoms with Crippen molar-refractivity contribution in [3.8, 4) is 5.75 Å². The number of hydrogen-bond acceptors (Lipinski definition) is 5. The topological polar surface area (TPSA) is 61.0 Å². The number of rotatable bonds is 6. The molecule has 102 valence electrons. The van der Waals surface area contributed by atoms with Gasteiger partial charge in [0.25, 0.3) is 0 Å². The maximum absolute atomic E-state index is 5.90. The molecule has 0 aromatic carbocycles. The third kappa shape index (κ3) is 4.29. The standard InChI is InChI=1S/C14H19N3OS/c1-3-11(15)6-12-4-5-13(7-16-12)18-8-14-17-10(2)9-19-14/h4-5,7,9,11H,3,6,8,15H2,1-2H3. The zero-order chi connectivity index (χ0) is 13.7. The van der Waals surface area contributed by atoms with Gasteiger partial charge < -0.3 is 10.5 Å². The molecule has 19 heavy (non-hydrogen) atoms. The number of nitrogens with two attached hydrogens (primary N) is 1. The molecule has 0 radical (unpaired) electrons. The SMILES string of the molecule is CCC(N)Cc1ccc(OCc2nc(C)cs2)cn1. The van der Waals surface area contributed by atoms with Crippen molar-refractivity contribution < 1.29 is 4.74 Å². The third-order valence-electron chi connectivity index (χ3n) is 2.82. The summed E-state index contributed by atoms with van der Waals surface area (Å²) in [5.41, 5.74) is 7.94. The van der Waals surface area contributed by atoms with Crippen LogP contribution in [0.3, 0.4) is 0 Å². The predicted molar refractivity (Wildman–Crippen MR) is 77.4 cm³/mol. The summed E-state index contributed by atoms with van der Waals surface area (Å²) >= 11 is 1.61. The highest BCUT2D eigenvalue weighted by Gasteiger charge is 2.04. The fourth-order valence-corrected chi connectivity index (χ4v) is 2.33. The van der Waals surface area contributed by atoms with Crippen LogP contribution in [0.25, 0.3) is 0 Å². The second-order valence-electron chi connectivity index (χ2n) is 4.53. The lowest BCUT2D eigenvalue weighted by molar-refractivity contribution is 0.304. The molecule has 0 spiro atoms. The van der Waals surface area contributed by atoms with E-state index in [1.54, 1.807) is 17.5 Å². The summed E-state index contributed by atoms with van der Waals surface area (Å²) in [6.07, 6.45) is 3.52. The van der Waals surface area contributed by atoms with Crippen LogP contribution in [0.2, 0.25) is 0 Å². The van der Waals surface area contributed by atoms with Gasteiger partial charge in [-0.2, -0.15) is 0 Å². The molecule has 2 heterocycles. The lowest BCUT2D eigenvalue weighted by Crippen LogP contribution is -2.21. The van der Waals surface area contributed by atoms with Crippen molar-refractivity contribution in [3.05, 3.63) is 40.1 Å². The van der Waals surface area contributed by atoms with E-state index >= 15 is 0 Å². The van der Waals surface area contributed by atoms with Crippen molar-refractivity contribution in [3.63, 3.8) is 0 Å². The molecule has 0 aliphatic rings. The van der Waals surface area contributed by atoms with E-state index in [1.807, 2.05) is 24.4 Å². The van der Waals surface area contributed by atoms with Gasteiger partial charge in [0, 0.05) is 29.2 Å². The van der Waals surface area contributed by atoms with Gasteiger partial charge in [-0.3, -0.25) is 4.98 Å². The van der Waals surface area contributed by atoms with Crippen molar-refractivity contribution in [1.82, 2.24) is 9.97 Å². The zero-order valence-corrected chi connectivity index (χ0v) is 12.1. The van der Waals surface area contributed by atoms with Crippen LogP contribution in [-0.2, 0) is 13.0 Å². The number of thiazole rings is 1. The Labute approximate surface area is 117 Å². The number of aryl methyl sites for hydroxylation is 1. The van der Waals surface area contributed by atoms with Crippen LogP contribution in [0.1, 0.15) is 29.7 Å². The smallest absolute Gasteiger partial charge is 0.140 e. The van der Waals surface area contributed by atoms with Crippen molar-refractivity contribution in [2.45, 2.75) is 39.3 Å². The van der Waals surface area contributed by atoms with Crippen LogP contribution in [0.15, 0.2) is 23.7 Å². The van der Waals surface area contributed by atoms with E-state index in [0.29, 0.717) is 6.61 Å². The number of aromatic nitrogens is 2. The van der Waals surface area contributed by atoms with E-state index in [1.165, 1.54) is 0 Å². The van der Waals surface area contributed by atoms with Gasteiger partial charge in [-0.15, -0.1) is 11.3 Å². The summed E-state index contributed by atoms with van der Waals surface area (Å²) in [6.45, 7) is 4.56. The molecule has 1 unspecified atom stereocenters. The van der Waals surface area contributed by atoms with Gasteiger partial charge in [0.2, 0.25) is 0 Å². The molecule has 0 bridgehead atoms. The quantitative estimate of drug-likeness (QED) is 0.882. The van der Waals surface area contributed by atoms with Gasteiger partial charge in [0.1, 0.15) is 17.4 Å². The first-order valence-electron chi connectivity index (χ1n) is 6.41. The van der Waals surface area contributed by atoms with Crippen LogP contribution in [0.5, 0.6) is 5.75 Å². The Morgan fingerprint density at radius 3 is 2.84 bits per heavy atom. The van der Waals surface area contributed by atoms with Crippen LogP contribution in [0, 0.1) is 6.92 Å². The van der Waals surface area contributed by atoms with Crippen LogP contribution in [0.4, 0.5) is 0 Å². The van der Waals surface area contributed by atoms with E-state index in [4.69, 9.17) is 10.5 Å². The normalized spacial score (nSPS) is 12.4. The highest BCUT2D eigenvalue weighted by atomic mass is 32.1. The van der Waals surface area contributed by atoms with Gasteiger partial charge in [0.05, 0.1) is 6.20 Å². The lowest BCUT2D eigenvalue weighted by Gasteiger charge is -2.08. The number of pyridine rings is 1. The summed E-state index contributed by atoms with van der Waals surface area (Å²) in [7, 11) is 0. The molecule has 0 fully saturated rings. The molecule has 2 aromatic heterocycles. The van der Waals surface area contributed by atoms with Gasteiger partial charge in [0.15, 0.2) is 0 Å². The molecule has 2 rings (SSSR count). The zero-order valence-electron chi connectivity index (χ0n) is 11.3. The van der Waals surface area contributed by atoms with Gasteiger partial charge in [-0.1, -0.05) is 6.92 Å². The highest BCUT2D eigenvalue weighted by Crippen LogP contribution is 2.15. The van der Waals surface area contributed by atoms with E-state index in [9.17, 15) is 0 Å². The van der Waals surface area contributed by atoms with E-state index < -0.39 is 0 Å². The Bertz CT molecular complexity index is 510. The Morgan fingerprint density at radius 1 is 1.42 bits per heavy atom. The van der Waals surface area contributed by atoms with Gasteiger partial charge in [-0.05, 0) is 25.5 Å². The summed E-state index contributed by atoms with van der Waals surface area (Å²) in [5, 5.41) is 3.00. The molecule has 5 heteroatoms. The predicted octanol–water partition coefficient (Wildman–Crippen LogP) is 2.71. The first-order chi connectivity index (χ1) is 9.17. The maximum Gasteiger partial charge on any atom is 0.140 e. The fraction of sp³-hybridized carbons (Fsp3) is 0.429. The monoisotopic (exact) mass is 277 g/mol. The molecule has 0 saturated heterocycles. The molecular weight excluding hydrogens is 258 g/mol. The summed E-state index contributed by atoms with van der Waals surface area (Å²) in [4.78, 5) is 8.71. The second kappa shape index (κ2) is 6.63. The summed E-state index contributed by atoms with van der Waals surface area (Å²) in [5.74, 6) is 0.765. The number of nitrogens with zero attached hydrogens (tertiary/aromatic N) is 2. The second-order valence-corrected chi connectivity index (χ2v) is 5.47. The molecule has 1 atom stereocenters. The van der Waals surface area contributed by atoms with E-state index in [-0.39, 0.29) is 6.04 Å². The molecule has 0 aliphatic heterocycles. The molecule has 0 amide bonds. The fourth-order valence-electron chi connectivity index (χ4n) is 1.64. The van der Waals surface area contributed by atoms with Crippen molar-refractivity contribution in [1.29, 1.82) is 0 Å². The molecule has 2 aromatic rings. The van der Waals surface area contributed by atoms with E-state index in [0.717, 1.165) is 35.0 Å². The number of ether oxygens (including phenoxy) is 1. The largest absolute Gasteiger partial charge is 0.485 e. The Hall–Kier alpha value is -1.46. The average Bonchev–Trinajstić information content (AvgIpc) is 2.83. The molecule has 2 N–H and O–H groups in total. The van der Waals surface area contributed by atoms with Crippen molar-refractivity contribution >= 4 is 11.3 Å². The maximum atomic E-state index is 5.90. The molecule has 0 aliphatic carbocycles.